The van der Waals surface area contributed by atoms with Gasteiger partial charge in [0.15, 0.2) is 0 Å². The molecule has 35 heavy (non-hydrogen) atoms. The van der Waals surface area contributed by atoms with Crippen LogP contribution >= 0.6 is 11.3 Å². The predicted molar refractivity (Wildman–Crippen MR) is 139 cm³/mol. The highest BCUT2D eigenvalue weighted by Gasteiger charge is 2.28. The smallest absolute Gasteiger partial charge is 0.270 e. The van der Waals surface area contributed by atoms with Gasteiger partial charge in [-0.05, 0) is 43.7 Å². The molecule has 1 aromatic carbocycles. The molecular weight excluding hydrogens is 462 g/mol. The number of fused-ring (bicyclic) bond motifs is 3. The normalized spacial score (nSPS) is 17.2. The number of aromatic nitrogens is 2. The summed E-state index contributed by atoms with van der Waals surface area (Å²) in [4.78, 5) is 40.5. The Hall–Kier alpha value is -3.07. The fourth-order valence-corrected chi connectivity index (χ4v) is 6.28. The van der Waals surface area contributed by atoms with Gasteiger partial charge in [-0.25, -0.2) is 9.97 Å². The van der Waals surface area contributed by atoms with E-state index in [2.05, 4.69) is 18.7 Å². The van der Waals surface area contributed by atoms with Crippen molar-refractivity contribution in [2.24, 2.45) is 0 Å². The Bertz CT molecular complexity index is 1270. The lowest BCUT2D eigenvalue weighted by Crippen LogP contribution is -2.49. The van der Waals surface area contributed by atoms with E-state index < -0.39 is 4.92 Å². The molecule has 2 aliphatic rings. The zero-order chi connectivity index (χ0) is 24.5. The molecule has 9 heteroatoms. The SMILES string of the molecule is CC[C@H](C)c1nc(N2CCN(C(=O)c3cccc([N+](=O)[O-])c3)CC2)c2c3c(sc2n1)CCCCC3. The topological polar surface area (TPSA) is 92.5 Å². The van der Waals surface area contributed by atoms with Gasteiger partial charge < -0.3 is 9.80 Å². The van der Waals surface area contributed by atoms with Crippen LogP contribution in [0.25, 0.3) is 10.2 Å². The van der Waals surface area contributed by atoms with Crippen LogP contribution in [0.3, 0.4) is 0 Å². The molecule has 1 atom stereocenters. The summed E-state index contributed by atoms with van der Waals surface area (Å²) >= 11 is 1.84. The van der Waals surface area contributed by atoms with Crippen molar-refractivity contribution in [2.75, 3.05) is 31.1 Å². The van der Waals surface area contributed by atoms with Crippen molar-refractivity contribution in [3.05, 3.63) is 56.2 Å². The molecule has 0 bridgehead atoms. The first-order valence-electron chi connectivity index (χ1n) is 12.6. The summed E-state index contributed by atoms with van der Waals surface area (Å²) in [6.07, 6.45) is 6.90. The third kappa shape index (κ3) is 4.61. The molecule has 3 heterocycles. The lowest BCUT2D eigenvalue weighted by molar-refractivity contribution is -0.384. The van der Waals surface area contributed by atoms with Crippen molar-refractivity contribution < 1.29 is 9.72 Å². The van der Waals surface area contributed by atoms with Crippen LogP contribution in [0.4, 0.5) is 11.5 Å². The number of carbonyl (C=O) groups excluding carboxylic acids is 1. The summed E-state index contributed by atoms with van der Waals surface area (Å²) in [7, 11) is 0. The van der Waals surface area contributed by atoms with Crippen LogP contribution < -0.4 is 4.90 Å². The highest BCUT2D eigenvalue weighted by molar-refractivity contribution is 7.19. The van der Waals surface area contributed by atoms with Gasteiger partial charge in [-0.2, -0.15) is 0 Å². The van der Waals surface area contributed by atoms with Gasteiger partial charge in [-0.3, -0.25) is 14.9 Å². The average Bonchev–Trinajstić information content (AvgIpc) is 3.08. The highest BCUT2D eigenvalue weighted by Crippen LogP contribution is 2.40. The maximum atomic E-state index is 13.1. The number of aryl methyl sites for hydroxylation is 2. The molecule has 1 aliphatic carbocycles. The van der Waals surface area contributed by atoms with Gasteiger partial charge in [0, 0.05) is 54.7 Å². The fraction of sp³-hybridized carbons (Fsp3) is 0.500. The summed E-state index contributed by atoms with van der Waals surface area (Å²) in [5.41, 5.74) is 1.73. The number of nitrogens with zero attached hydrogens (tertiary/aromatic N) is 5. The van der Waals surface area contributed by atoms with Crippen LogP contribution in [0.1, 0.15) is 72.1 Å². The summed E-state index contributed by atoms with van der Waals surface area (Å²) in [5.74, 6) is 2.05. The second-order valence-electron chi connectivity index (χ2n) is 9.55. The zero-order valence-corrected chi connectivity index (χ0v) is 21.1. The Balaban J connectivity index is 1.43. The van der Waals surface area contributed by atoms with E-state index in [-0.39, 0.29) is 17.5 Å². The van der Waals surface area contributed by atoms with E-state index in [1.807, 2.05) is 11.3 Å². The van der Waals surface area contributed by atoms with Gasteiger partial charge in [0.1, 0.15) is 16.5 Å². The largest absolute Gasteiger partial charge is 0.352 e. The first-order chi connectivity index (χ1) is 17.0. The fourth-order valence-electron chi connectivity index (χ4n) is 5.02. The van der Waals surface area contributed by atoms with Crippen LogP contribution in [0.2, 0.25) is 0 Å². The first kappa shape index (κ1) is 23.7. The number of thiophene rings is 1. The van der Waals surface area contributed by atoms with Gasteiger partial charge in [-0.1, -0.05) is 26.3 Å². The third-order valence-corrected chi connectivity index (χ3v) is 8.47. The van der Waals surface area contributed by atoms with Crippen LogP contribution in [-0.4, -0.2) is 51.9 Å². The molecule has 1 amide bonds. The van der Waals surface area contributed by atoms with Gasteiger partial charge in [0.05, 0.1) is 10.3 Å². The molecule has 1 saturated heterocycles. The molecule has 2 aromatic heterocycles. The number of nitro benzene ring substituents is 1. The van der Waals surface area contributed by atoms with Gasteiger partial charge in [-0.15, -0.1) is 11.3 Å². The average molecular weight is 494 g/mol. The number of amides is 1. The molecule has 8 nitrogen and oxygen atoms in total. The molecule has 0 saturated carbocycles. The maximum Gasteiger partial charge on any atom is 0.270 e. The van der Waals surface area contributed by atoms with Crippen molar-refractivity contribution in [1.82, 2.24) is 14.9 Å². The number of benzene rings is 1. The standard InChI is InChI=1S/C26H31N5O3S/c1-3-17(2)23-27-24(22-20-10-5-4-6-11-21(20)35-25(22)28-23)29-12-14-30(15-13-29)26(32)18-8-7-9-19(16-18)31(33)34/h7-9,16-17H,3-6,10-15H2,1-2H3/t17-/m0/s1. The number of hydrogen-bond donors (Lipinski definition) is 0. The molecule has 1 fully saturated rings. The number of anilines is 1. The number of carbonyl (C=O) groups is 1. The molecule has 184 valence electrons. The number of non-ortho nitro benzene ring substituents is 1. The minimum Gasteiger partial charge on any atom is -0.352 e. The monoisotopic (exact) mass is 493 g/mol. The Kier molecular flexibility index (Phi) is 6.69. The number of rotatable bonds is 5. The first-order valence-corrected chi connectivity index (χ1v) is 13.4. The van der Waals surface area contributed by atoms with Crippen molar-refractivity contribution in [3.8, 4) is 0 Å². The molecular formula is C26H31N5O3S. The lowest BCUT2D eigenvalue weighted by Gasteiger charge is -2.36. The van der Waals surface area contributed by atoms with Crippen LogP contribution in [0.5, 0.6) is 0 Å². The van der Waals surface area contributed by atoms with E-state index in [9.17, 15) is 14.9 Å². The second kappa shape index (κ2) is 9.89. The van der Waals surface area contributed by atoms with E-state index >= 15 is 0 Å². The van der Waals surface area contributed by atoms with E-state index in [1.165, 1.54) is 47.2 Å². The number of hydrogen-bond acceptors (Lipinski definition) is 7. The van der Waals surface area contributed by atoms with E-state index in [4.69, 9.17) is 9.97 Å². The number of nitro groups is 1. The van der Waals surface area contributed by atoms with Crippen molar-refractivity contribution in [3.63, 3.8) is 0 Å². The quantitative estimate of drug-likeness (QED) is 0.270. The maximum absolute atomic E-state index is 13.1. The van der Waals surface area contributed by atoms with E-state index in [1.54, 1.807) is 17.0 Å². The second-order valence-corrected chi connectivity index (χ2v) is 10.6. The zero-order valence-electron chi connectivity index (χ0n) is 20.3. The van der Waals surface area contributed by atoms with Crippen molar-refractivity contribution in [2.45, 2.75) is 58.3 Å². The van der Waals surface area contributed by atoms with Gasteiger partial charge in [0.25, 0.3) is 11.6 Å². The summed E-state index contributed by atoms with van der Waals surface area (Å²) in [5, 5.41) is 12.3. The Morgan fingerprint density at radius 1 is 1.14 bits per heavy atom. The third-order valence-electron chi connectivity index (χ3n) is 7.29. The molecule has 0 N–H and O–H groups in total. The predicted octanol–water partition coefficient (Wildman–Crippen LogP) is 5.34. The Morgan fingerprint density at radius 3 is 2.66 bits per heavy atom. The van der Waals surface area contributed by atoms with Crippen molar-refractivity contribution in [1.29, 1.82) is 0 Å². The summed E-state index contributed by atoms with van der Waals surface area (Å²) in [6, 6.07) is 5.99. The molecule has 1 aliphatic heterocycles. The molecule has 3 aromatic rings. The molecule has 0 spiro atoms. The van der Waals surface area contributed by atoms with Crippen molar-refractivity contribution >= 4 is 39.0 Å². The number of piperazine rings is 1. The highest BCUT2D eigenvalue weighted by atomic mass is 32.1. The van der Waals surface area contributed by atoms with E-state index in [0.717, 1.165) is 35.7 Å². The Labute approximate surface area is 209 Å². The van der Waals surface area contributed by atoms with E-state index in [0.29, 0.717) is 31.7 Å². The Morgan fingerprint density at radius 2 is 1.91 bits per heavy atom. The van der Waals surface area contributed by atoms with Gasteiger partial charge in [0.2, 0.25) is 0 Å². The summed E-state index contributed by atoms with van der Waals surface area (Å²) in [6.45, 7) is 6.81. The van der Waals surface area contributed by atoms with Crippen LogP contribution in [-0.2, 0) is 12.8 Å². The molecule has 0 radical (unpaired) electrons. The lowest BCUT2D eigenvalue weighted by atomic mass is 10.1. The molecule has 0 unspecified atom stereocenters. The minimum absolute atomic E-state index is 0.0615. The summed E-state index contributed by atoms with van der Waals surface area (Å²) < 4.78 is 0. The molecule has 5 rings (SSSR count). The minimum atomic E-state index is -0.465. The van der Waals surface area contributed by atoms with Crippen LogP contribution in [0.15, 0.2) is 24.3 Å². The van der Waals surface area contributed by atoms with Gasteiger partial charge >= 0.3 is 0 Å². The van der Waals surface area contributed by atoms with Crippen LogP contribution in [0, 0.1) is 10.1 Å².